The van der Waals surface area contributed by atoms with Gasteiger partial charge in [0.1, 0.15) is 0 Å². The van der Waals surface area contributed by atoms with Gasteiger partial charge in [0.2, 0.25) is 0 Å². The summed E-state index contributed by atoms with van der Waals surface area (Å²) in [6, 6.07) is 0.445. The van der Waals surface area contributed by atoms with Crippen LogP contribution in [0.5, 0.6) is 0 Å². The van der Waals surface area contributed by atoms with Gasteiger partial charge in [0.15, 0.2) is 0 Å². The van der Waals surface area contributed by atoms with Crippen molar-refractivity contribution >= 4 is 0 Å². The molecular weight excluding hydrogens is 224 g/mol. The Hall–Kier alpha value is -0.560. The fourth-order valence-corrected chi connectivity index (χ4v) is 2.36. The highest BCUT2D eigenvalue weighted by Gasteiger charge is 2.26. The van der Waals surface area contributed by atoms with Crippen LogP contribution in [-0.4, -0.2) is 49.8 Å². The number of nitrogens with one attached hydrogen (secondary N) is 1. The molecule has 1 rings (SSSR count). The van der Waals surface area contributed by atoms with Gasteiger partial charge in [-0.1, -0.05) is 13.8 Å². The van der Waals surface area contributed by atoms with Crippen LogP contribution in [0.2, 0.25) is 0 Å². The minimum Gasteiger partial charge on any atom is -0.374 e. The Morgan fingerprint density at radius 1 is 1.44 bits per heavy atom. The Kier molecular flexibility index (Phi) is 8.08. The van der Waals surface area contributed by atoms with E-state index in [4.69, 9.17) is 4.74 Å². The first-order chi connectivity index (χ1) is 8.81. The largest absolute Gasteiger partial charge is 0.374 e. The van der Waals surface area contributed by atoms with Crippen molar-refractivity contribution in [3.8, 4) is 11.8 Å². The molecule has 1 heterocycles. The molecule has 0 aromatic carbocycles. The first-order valence-corrected chi connectivity index (χ1v) is 7.28. The van der Waals surface area contributed by atoms with Crippen molar-refractivity contribution in [2.75, 3.05) is 32.8 Å². The number of rotatable bonds is 7. The van der Waals surface area contributed by atoms with Gasteiger partial charge < -0.3 is 10.1 Å². The molecule has 0 aromatic rings. The first-order valence-electron chi connectivity index (χ1n) is 7.28. The average molecular weight is 252 g/mol. The number of hydrogen-bond donors (Lipinski definition) is 1. The normalized spacial score (nSPS) is 22.3. The monoisotopic (exact) mass is 252 g/mol. The van der Waals surface area contributed by atoms with Crippen molar-refractivity contribution in [1.82, 2.24) is 10.2 Å². The van der Waals surface area contributed by atoms with Gasteiger partial charge in [0.25, 0.3) is 0 Å². The van der Waals surface area contributed by atoms with Gasteiger partial charge in [-0.3, -0.25) is 4.90 Å². The summed E-state index contributed by atoms with van der Waals surface area (Å²) in [6.45, 7) is 11.5. The zero-order valence-corrected chi connectivity index (χ0v) is 12.2. The van der Waals surface area contributed by atoms with E-state index in [1.54, 1.807) is 0 Å². The summed E-state index contributed by atoms with van der Waals surface area (Å²) in [4.78, 5) is 2.47. The number of morpholine rings is 1. The molecule has 18 heavy (non-hydrogen) atoms. The molecule has 0 aromatic heterocycles. The highest BCUT2D eigenvalue weighted by Crippen LogP contribution is 2.12. The van der Waals surface area contributed by atoms with E-state index in [2.05, 4.69) is 35.9 Å². The molecule has 0 radical (unpaired) electrons. The first kappa shape index (κ1) is 15.5. The maximum Gasteiger partial charge on any atom is 0.0855 e. The summed E-state index contributed by atoms with van der Waals surface area (Å²) in [5.41, 5.74) is 0. The van der Waals surface area contributed by atoms with Crippen LogP contribution in [0.3, 0.4) is 0 Å². The third-order valence-electron chi connectivity index (χ3n) is 3.49. The van der Waals surface area contributed by atoms with Crippen LogP contribution in [0, 0.1) is 11.8 Å². The maximum atomic E-state index is 5.95. The van der Waals surface area contributed by atoms with Gasteiger partial charge in [-0.05, 0) is 32.9 Å². The molecule has 3 nitrogen and oxygen atoms in total. The molecule has 0 saturated carbocycles. The lowest BCUT2D eigenvalue weighted by molar-refractivity contribution is -0.0458. The van der Waals surface area contributed by atoms with Crippen molar-refractivity contribution in [3.05, 3.63) is 0 Å². The predicted molar refractivity (Wildman–Crippen MR) is 76.6 cm³/mol. The Morgan fingerprint density at radius 3 is 2.94 bits per heavy atom. The van der Waals surface area contributed by atoms with Crippen molar-refractivity contribution < 1.29 is 4.74 Å². The molecule has 1 N–H and O–H groups in total. The van der Waals surface area contributed by atoms with Gasteiger partial charge in [0, 0.05) is 25.6 Å². The zero-order valence-electron chi connectivity index (χ0n) is 12.2. The molecule has 0 bridgehead atoms. The van der Waals surface area contributed by atoms with E-state index in [9.17, 15) is 0 Å². The molecule has 0 aliphatic carbocycles. The molecule has 2 atom stereocenters. The molecule has 0 spiro atoms. The van der Waals surface area contributed by atoms with Crippen molar-refractivity contribution in [2.45, 2.75) is 52.2 Å². The lowest BCUT2D eigenvalue weighted by Gasteiger charge is -2.36. The van der Waals surface area contributed by atoms with Gasteiger partial charge in [-0.15, -0.1) is 11.8 Å². The third kappa shape index (κ3) is 5.39. The Morgan fingerprint density at radius 2 is 2.28 bits per heavy atom. The van der Waals surface area contributed by atoms with Crippen LogP contribution in [0.4, 0.5) is 0 Å². The number of likely N-dealkylation sites (N-methyl/N-ethyl adjacent to an activating group) is 1. The second-order valence-corrected chi connectivity index (χ2v) is 4.83. The summed E-state index contributed by atoms with van der Waals surface area (Å²) in [5, 5.41) is 3.62. The van der Waals surface area contributed by atoms with E-state index in [1.165, 1.54) is 6.42 Å². The van der Waals surface area contributed by atoms with Crippen LogP contribution in [-0.2, 0) is 4.74 Å². The van der Waals surface area contributed by atoms with Crippen LogP contribution >= 0.6 is 0 Å². The molecule has 1 saturated heterocycles. The molecule has 2 unspecified atom stereocenters. The van der Waals surface area contributed by atoms with E-state index >= 15 is 0 Å². The van der Waals surface area contributed by atoms with Crippen molar-refractivity contribution in [1.29, 1.82) is 0 Å². The van der Waals surface area contributed by atoms with Crippen LogP contribution in [0.1, 0.15) is 40.0 Å². The average Bonchev–Trinajstić information content (AvgIpc) is 2.42. The highest BCUT2D eigenvalue weighted by molar-refractivity contribution is 4.96. The van der Waals surface area contributed by atoms with Crippen molar-refractivity contribution in [3.63, 3.8) is 0 Å². The highest BCUT2D eigenvalue weighted by atomic mass is 16.5. The lowest BCUT2D eigenvalue weighted by Crippen LogP contribution is -2.52. The molecule has 1 aliphatic rings. The Balaban J connectivity index is 2.47. The summed E-state index contributed by atoms with van der Waals surface area (Å²) in [5.74, 6) is 6.13. The molecule has 1 aliphatic heterocycles. The molecule has 104 valence electrons. The Bertz CT molecular complexity index is 269. The third-order valence-corrected chi connectivity index (χ3v) is 3.49. The fourth-order valence-electron chi connectivity index (χ4n) is 2.36. The Labute approximate surface area is 112 Å². The van der Waals surface area contributed by atoms with Crippen LogP contribution < -0.4 is 5.32 Å². The van der Waals surface area contributed by atoms with Gasteiger partial charge in [-0.2, -0.15) is 0 Å². The predicted octanol–water partition coefficient (Wildman–Crippen LogP) is 1.88. The number of hydrogen-bond acceptors (Lipinski definition) is 3. The van der Waals surface area contributed by atoms with Crippen LogP contribution in [0.15, 0.2) is 0 Å². The number of nitrogens with zero attached hydrogens (tertiary/aromatic N) is 1. The zero-order chi connectivity index (χ0) is 13.2. The minimum absolute atomic E-state index is 0.323. The summed E-state index contributed by atoms with van der Waals surface area (Å²) in [6.07, 6.45) is 3.54. The summed E-state index contributed by atoms with van der Waals surface area (Å²) >= 11 is 0. The molecular formula is C15H28N2O. The smallest absolute Gasteiger partial charge is 0.0855 e. The molecule has 1 fully saturated rings. The topological polar surface area (TPSA) is 24.5 Å². The number of ether oxygens (including phenoxy) is 1. The quantitative estimate of drug-likeness (QED) is 0.700. The van der Waals surface area contributed by atoms with Gasteiger partial charge in [-0.25, -0.2) is 0 Å². The van der Waals surface area contributed by atoms with E-state index in [1.807, 2.05) is 6.92 Å². The van der Waals surface area contributed by atoms with Gasteiger partial charge in [0.05, 0.1) is 12.7 Å². The molecule has 0 amide bonds. The second-order valence-electron chi connectivity index (χ2n) is 4.83. The second kappa shape index (κ2) is 9.38. The van der Waals surface area contributed by atoms with E-state index in [0.29, 0.717) is 12.1 Å². The van der Waals surface area contributed by atoms with Crippen LogP contribution in [0.25, 0.3) is 0 Å². The minimum atomic E-state index is 0.323. The van der Waals surface area contributed by atoms with Gasteiger partial charge >= 0.3 is 0 Å². The molecule has 3 heteroatoms. The van der Waals surface area contributed by atoms with Crippen molar-refractivity contribution in [2.24, 2.45) is 0 Å². The lowest BCUT2D eigenvalue weighted by atomic mass is 10.0. The van der Waals surface area contributed by atoms with E-state index in [0.717, 1.165) is 45.6 Å². The fraction of sp³-hybridized carbons (Fsp3) is 0.867. The van der Waals surface area contributed by atoms with E-state index < -0.39 is 0 Å². The summed E-state index contributed by atoms with van der Waals surface area (Å²) < 4.78 is 5.95. The summed E-state index contributed by atoms with van der Waals surface area (Å²) in [7, 11) is 0. The van der Waals surface area contributed by atoms with E-state index in [-0.39, 0.29) is 0 Å². The maximum absolute atomic E-state index is 5.95. The SMILES string of the molecule is CC#CCCC(NCCC)C1CN(CC)CCO1. The standard InChI is InChI=1S/C15H28N2O/c1-4-7-8-9-14(16-10-5-2)15-13-17(6-3)11-12-18-15/h14-16H,5-6,8-13H2,1-3H3.